The van der Waals surface area contributed by atoms with Gasteiger partial charge in [0, 0.05) is 6.42 Å². The maximum absolute atomic E-state index is 12.8. The van der Waals surface area contributed by atoms with Gasteiger partial charge >= 0.3 is 5.97 Å². The predicted molar refractivity (Wildman–Crippen MR) is 136 cm³/mol. The van der Waals surface area contributed by atoms with E-state index in [9.17, 15) is 34.8 Å². The van der Waals surface area contributed by atoms with E-state index in [1.807, 2.05) is 6.92 Å². The number of rotatable bonds is 8. The number of aliphatic hydroxyl groups excluding tert-OH is 3. The Kier molecular flexibility index (Phi) is 7.60. The van der Waals surface area contributed by atoms with Crippen LogP contribution in [0, 0.1) is 46.3 Å². The van der Waals surface area contributed by atoms with E-state index < -0.39 is 47.2 Å². The summed E-state index contributed by atoms with van der Waals surface area (Å²) in [7, 11) is 0. The Labute approximate surface area is 219 Å². The number of fused-ring (bicyclic) bond motifs is 5. The molecule has 0 aromatic rings. The van der Waals surface area contributed by atoms with Gasteiger partial charge in [-0.15, -0.1) is 0 Å². The van der Waals surface area contributed by atoms with Crippen molar-refractivity contribution in [1.29, 1.82) is 0 Å². The molecule has 0 aromatic carbocycles. The van der Waals surface area contributed by atoms with Crippen molar-refractivity contribution in [1.82, 2.24) is 0 Å². The van der Waals surface area contributed by atoms with Crippen molar-refractivity contribution >= 4 is 17.7 Å². The molecule has 8 N–H and O–H groups in total. The molecule has 9 heteroatoms. The molecule has 4 fully saturated rings. The third-order valence-corrected chi connectivity index (χ3v) is 11.7. The molecule has 12 atom stereocenters. The smallest absolute Gasteiger partial charge is 0.332 e. The van der Waals surface area contributed by atoms with Crippen molar-refractivity contribution in [2.24, 2.45) is 57.8 Å². The number of aliphatic hydroxyl groups is 3. The molecule has 12 unspecified atom stereocenters. The zero-order chi connectivity index (χ0) is 27.5. The number of carbonyl (C=O) groups excluding carboxylic acids is 2. The minimum absolute atomic E-state index is 0.00325. The zero-order valence-corrected chi connectivity index (χ0v) is 22.4. The van der Waals surface area contributed by atoms with E-state index in [4.69, 9.17) is 11.5 Å². The number of Topliss-reactive ketones (excluding diaryl/α,β-unsaturated/α-hetero) is 1. The Morgan fingerprint density at radius 2 is 1.70 bits per heavy atom. The molecule has 37 heavy (non-hydrogen) atoms. The molecule has 0 saturated heterocycles. The van der Waals surface area contributed by atoms with Crippen LogP contribution in [0.1, 0.15) is 85.0 Å². The Balaban J connectivity index is 1.50. The highest BCUT2D eigenvalue weighted by molar-refractivity contribution is 6.10. The minimum atomic E-state index is -2.32. The van der Waals surface area contributed by atoms with Gasteiger partial charge in [0.2, 0.25) is 5.91 Å². The molecule has 9 nitrogen and oxygen atoms in total. The Morgan fingerprint density at radius 3 is 2.32 bits per heavy atom. The molecule has 4 rings (SSSR count). The van der Waals surface area contributed by atoms with E-state index in [2.05, 4.69) is 13.8 Å². The molecule has 0 spiro atoms. The van der Waals surface area contributed by atoms with Gasteiger partial charge in [0.25, 0.3) is 0 Å². The molecule has 0 heterocycles. The number of aliphatic carboxylic acids is 1. The van der Waals surface area contributed by atoms with Gasteiger partial charge < -0.3 is 31.9 Å². The summed E-state index contributed by atoms with van der Waals surface area (Å²) < 4.78 is 0. The van der Waals surface area contributed by atoms with Crippen LogP contribution >= 0.6 is 0 Å². The van der Waals surface area contributed by atoms with Crippen molar-refractivity contribution in [2.75, 3.05) is 0 Å². The molecule has 4 aliphatic carbocycles. The number of carbonyl (C=O) groups is 3. The number of primary amides is 1. The number of hydrogen-bond acceptors (Lipinski definition) is 7. The Morgan fingerprint density at radius 1 is 1.03 bits per heavy atom. The van der Waals surface area contributed by atoms with Crippen LogP contribution in [0.15, 0.2) is 0 Å². The number of amides is 1. The van der Waals surface area contributed by atoms with Gasteiger partial charge in [-0.2, -0.15) is 0 Å². The maximum Gasteiger partial charge on any atom is 0.332 e. The average molecular weight is 523 g/mol. The quantitative estimate of drug-likeness (QED) is 0.260. The molecule has 4 saturated carbocycles. The number of nitrogens with two attached hydrogens (primary N) is 2. The molecule has 0 radical (unpaired) electrons. The van der Waals surface area contributed by atoms with Gasteiger partial charge in [0.05, 0.1) is 24.7 Å². The van der Waals surface area contributed by atoms with Crippen molar-refractivity contribution < 1.29 is 34.8 Å². The monoisotopic (exact) mass is 522 g/mol. The van der Waals surface area contributed by atoms with E-state index in [0.717, 1.165) is 32.1 Å². The second-order valence-corrected chi connectivity index (χ2v) is 13.4. The van der Waals surface area contributed by atoms with E-state index in [1.165, 1.54) is 0 Å². The van der Waals surface area contributed by atoms with Crippen LogP contribution in [-0.2, 0) is 14.4 Å². The third-order valence-electron chi connectivity index (χ3n) is 11.7. The summed E-state index contributed by atoms with van der Waals surface area (Å²) in [5, 5.41) is 42.8. The lowest BCUT2D eigenvalue weighted by atomic mass is 9.43. The summed E-state index contributed by atoms with van der Waals surface area (Å²) in [5.41, 5.74) is 8.22. The van der Waals surface area contributed by atoms with Gasteiger partial charge in [-0.05, 0) is 97.7 Å². The second kappa shape index (κ2) is 9.88. The summed E-state index contributed by atoms with van der Waals surface area (Å²) in [6, 6.07) is 0. The number of hydrogen-bond donors (Lipinski definition) is 6. The summed E-state index contributed by atoms with van der Waals surface area (Å²) in [6.45, 7) is 6.48. The number of carboxylic acids is 1. The van der Waals surface area contributed by atoms with Gasteiger partial charge in [0.15, 0.2) is 11.3 Å². The summed E-state index contributed by atoms with van der Waals surface area (Å²) >= 11 is 0. The average Bonchev–Trinajstić information content (AvgIpc) is 3.17. The van der Waals surface area contributed by atoms with Crippen molar-refractivity contribution in [3.05, 3.63) is 0 Å². The van der Waals surface area contributed by atoms with Crippen LogP contribution in [0.3, 0.4) is 0 Å². The van der Waals surface area contributed by atoms with E-state index in [1.54, 1.807) is 0 Å². The largest absolute Gasteiger partial charge is 0.480 e. The Hall–Kier alpha value is -1.55. The Bertz CT molecular complexity index is 928. The fourth-order valence-corrected chi connectivity index (χ4v) is 9.48. The van der Waals surface area contributed by atoms with Crippen LogP contribution in [0.5, 0.6) is 0 Å². The summed E-state index contributed by atoms with van der Waals surface area (Å²) in [4.78, 5) is 35.8. The van der Waals surface area contributed by atoms with Crippen LogP contribution in [-0.4, -0.2) is 61.9 Å². The number of carboxylic acid groups (broad SMARTS) is 1. The third kappa shape index (κ3) is 4.53. The SMILES string of the molecule is CC(CCC(=O)C(N)(CC(N)=O)C(=O)O)C1CCC2C3C(O)CC4CC(O)CCC4(C)C3CC(O)C12C. The molecule has 210 valence electrons. The normalized spacial score (nSPS) is 45.6. The van der Waals surface area contributed by atoms with Crippen LogP contribution in [0.25, 0.3) is 0 Å². The molecular formula is C28H46N2O7. The van der Waals surface area contributed by atoms with Crippen LogP contribution < -0.4 is 11.5 Å². The lowest BCUT2D eigenvalue weighted by Gasteiger charge is -2.63. The fourth-order valence-electron chi connectivity index (χ4n) is 9.48. The van der Waals surface area contributed by atoms with Crippen LogP contribution in [0.4, 0.5) is 0 Å². The first-order chi connectivity index (χ1) is 17.2. The first kappa shape index (κ1) is 28.5. The van der Waals surface area contributed by atoms with Crippen molar-refractivity contribution in [2.45, 2.75) is 109 Å². The second-order valence-electron chi connectivity index (χ2n) is 13.4. The van der Waals surface area contributed by atoms with Gasteiger partial charge in [0.1, 0.15) is 0 Å². The highest BCUT2D eigenvalue weighted by Crippen LogP contribution is 2.68. The topological polar surface area (TPSA) is 184 Å². The molecule has 0 aliphatic heterocycles. The zero-order valence-electron chi connectivity index (χ0n) is 22.4. The first-order valence-electron chi connectivity index (χ1n) is 14.0. The van der Waals surface area contributed by atoms with Gasteiger partial charge in [-0.25, -0.2) is 4.79 Å². The highest BCUT2D eigenvalue weighted by atomic mass is 16.4. The molecule has 0 aromatic heterocycles. The number of ketones is 1. The van der Waals surface area contributed by atoms with Crippen LogP contribution in [0.2, 0.25) is 0 Å². The van der Waals surface area contributed by atoms with E-state index in [0.29, 0.717) is 19.3 Å². The summed E-state index contributed by atoms with van der Waals surface area (Å²) in [6.07, 6.45) is 3.77. The fraction of sp³-hybridized carbons (Fsp3) is 0.893. The van der Waals surface area contributed by atoms with Gasteiger partial charge in [-0.1, -0.05) is 20.8 Å². The lowest BCUT2D eigenvalue weighted by molar-refractivity contribution is -0.207. The standard InChI is InChI=1S/C28H46N2O7/c1-14(4-7-21(33)28(30,25(36)37)13-23(29)35)17-5-6-18-24-19(12-22(34)27(17,18)3)26(2)9-8-16(31)10-15(26)11-20(24)32/h14-20,22,24,31-32,34H,4-13,30H2,1-3H3,(H2,29,35)(H,36,37). The van der Waals surface area contributed by atoms with Gasteiger partial charge in [-0.3, -0.25) is 9.59 Å². The maximum atomic E-state index is 12.8. The molecular weight excluding hydrogens is 476 g/mol. The molecule has 0 bridgehead atoms. The molecule has 4 aliphatic rings. The van der Waals surface area contributed by atoms with E-state index in [-0.39, 0.29) is 53.4 Å². The van der Waals surface area contributed by atoms with Crippen molar-refractivity contribution in [3.63, 3.8) is 0 Å². The van der Waals surface area contributed by atoms with E-state index >= 15 is 0 Å². The molecule has 1 amide bonds. The summed E-state index contributed by atoms with van der Waals surface area (Å²) in [5.74, 6) is -2.35. The predicted octanol–water partition coefficient (Wildman–Crippen LogP) is 1.59. The van der Waals surface area contributed by atoms with Crippen molar-refractivity contribution in [3.8, 4) is 0 Å². The lowest BCUT2D eigenvalue weighted by Crippen LogP contribution is -2.62. The minimum Gasteiger partial charge on any atom is -0.480 e. The first-order valence-corrected chi connectivity index (χ1v) is 14.0. The highest BCUT2D eigenvalue weighted by Gasteiger charge is 2.65.